The average Bonchev–Trinajstić information content (AvgIpc) is 3.15. The minimum atomic E-state index is -0.0864. The highest BCUT2D eigenvalue weighted by Gasteiger charge is 2.20. The molecule has 0 saturated carbocycles. The van der Waals surface area contributed by atoms with E-state index in [1.807, 2.05) is 18.3 Å². The molecule has 0 radical (unpaired) electrons. The lowest BCUT2D eigenvalue weighted by atomic mass is 9.96. The van der Waals surface area contributed by atoms with Gasteiger partial charge in [-0.2, -0.15) is 5.10 Å². The summed E-state index contributed by atoms with van der Waals surface area (Å²) in [5, 5.41) is 5.18. The highest BCUT2D eigenvalue weighted by atomic mass is 32.1. The van der Waals surface area contributed by atoms with Gasteiger partial charge < -0.3 is 4.90 Å². The van der Waals surface area contributed by atoms with Crippen LogP contribution in [0, 0.1) is 0 Å². The van der Waals surface area contributed by atoms with Crippen LogP contribution in [0.25, 0.3) is 10.6 Å². The topological polar surface area (TPSA) is 51.0 Å². The number of likely N-dealkylation sites (tertiary alicyclic amines) is 1. The summed E-state index contributed by atoms with van der Waals surface area (Å²) in [5.74, 6) is 0.632. The van der Waals surface area contributed by atoms with E-state index in [-0.39, 0.29) is 5.56 Å². The first-order valence-electron chi connectivity index (χ1n) is 8.95. The number of thiazole rings is 1. The summed E-state index contributed by atoms with van der Waals surface area (Å²) in [7, 11) is 2.19. The highest BCUT2D eigenvalue weighted by Crippen LogP contribution is 2.35. The maximum Gasteiger partial charge on any atom is 0.267 e. The monoisotopic (exact) mass is 366 g/mol. The number of benzene rings is 1. The Bertz CT molecular complexity index is 940. The van der Waals surface area contributed by atoms with Crippen molar-refractivity contribution in [3.8, 4) is 10.6 Å². The summed E-state index contributed by atoms with van der Waals surface area (Å²) in [6.07, 6.45) is 6.10. The minimum absolute atomic E-state index is 0.0864. The van der Waals surface area contributed by atoms with Crippen LogP contribution in [-0.4, -0.2) is 39.8 Å². The smallest absolute Gasteiger partial charge is 0.267 e. The second-order valence-corrected chi connectivity index (χ2v) is 7.93. The predicted molar refractivity (Wildman–Crippen MR) is 105 cm³/mol. The number of rotatable bonds is 4. The minimum Gasteiger partial charge on any atom is -0.306 e. The van der Waals surface area contributed by atoms with Crippen molar-refractivity contribution in [2.24, 2.45) is 0 Å². The van der Waals surface area contributed by atoms with Gasteiger partial charge in [0.2, 0.25) is 0 Å². The molecule has 0 unspecified atom stereocenters. The van der Waals surface area contributed by atoms with Crippen LogP contribution in [-0.2, 0) is 6.54 Å². The first-order valence-corrected chi connectivity index (χ1v) is 9.76. The molecule has 3 heterocycles. The predicted octanol–water partition coefficient (Wildman–Crippen LogP) is 3.22. The van der Waals surface area contributed by atoms with Gasteiger partial charge in [0.25, 0.3) is 5.56 Å². The van der Waals surface area contributed by atoms with Crippen LogP contribution in [0.3, 0.4) is 0 Å². The SMILES string of the molecule is CN1CCC(c2cnc(-c3cccc(Cn4ncccc4=O)c3)s2)CC1. The molecule has 1 aromatic carbocycles. The molecule has 0 N–H and O–H groups in total. The first-order chi connectivity index (χ1) is 12.7. The second kappa shape index (κ2) is 7.51. The van der Waals surface area contributed by atoms with Crippen LogP contribution in [0.15, 0.2) is 53.6 Å². The van der Waals surface area contributed by atoms with Crippen molar-refractivity contribution in [1.82, 2.24) is 19.7 Å². The van der Waals surface area contributed by atoms with Gasteiger partial charge in [0.15, 0.2) is 0 Å². The van der Waals surface area contributed by atoms with E-state index in [2.05, 4.69) is 34.2 Å². The van der Waals surface area contributed by atoms with Crippen LogP contribution < -0.4 is 5.56 Å². The Labute approximate surface area is 156 Å². The molecule has 4 rings (SSSR count). The lowest BCUT2D eigenvalue weighted by Gasteiger charge is -2.27. The average molecular weight is 366 g/mol. The quantitative estimate of drug-likeness (QED) is 0.711. The van der Waals surface area contributed by atoms with Gasteiger partial charge in [-0.15, -0.1) is 11.3 Å². The van der Waals surface area contributed by atoms with Crippen molar-refractivity contribution in [2.45, 2.75) is 25.3 Å². The fourth-order valence-corrected chi connectivity index (χ4v) is 4.46. The normalized spacial score (nSPS) is 16.0. The molecular weight excluding hydrogens is 344 g/mol. The lowest BCUT2D eigenvalue weighted by Crippen LogP contribution is -2.28. The van der Waals surface area contributed by atoms with E-state index in [0.717, 1.165) is 29.2 Å². The molecule has 0 spiro atoms. The van der Waals surface area contributed by atoms with E-state index in [4.69, 9.17) is 0 Å². The maximum atomic E-state index is 11.9. The molecular formula is C20H22N4OS. The van der Waals surface area contributed by atoms with Crippen LogP contribution in [0.4, 0.5) is 0 Å². The molecule has 2 aromatic heterocycles. The Balaban J connectivity index is 1.54. The summed E-state index contributed by atoms with van der Waals surface area (Å²) in [6, 6.07) is 11.4. The zero-order valence-corrected chi connectivity index (χ0v) is 15.7. The van der Waals surface area contributed by atoms with E-state index in [1.165, 1.54) is 28.5 Å². The molecule has 134 valence electrons. The first kappa shape index (κ1) is 17.1. The molecule has 0 aliphatic carbocycles. The number of hydrogen-bond acceptors (Lipinski definition) is 5. The zero-order chi connectivity index (χ0) is 17.9. The Kier molecular flexibility index (Phi) is 4.95. The third kappa shape index (κ3) is 3.76. The second-order valence-electron chi connectivity index (χ2n) is 6.87. The summed E-state index contributed by atoms with van der Waals surface area (Å²) >= 11 is 1.80. The molecule has 0 amide bonds. The van der Waals surface area contributed by atoms with E-state index in [0.29, 0.717) is 12.5 Å². The molecule has 0 atom stereocenters. The van der Waals surface area contributed by atoms with Crippen molar-refractivity contribution in [1.29, 1.82) is 0 Å². The number of nitrogens with zero attached hydrogens (tertiary/aromatic N) is 4. The Morgan fingerprint density at radius 2 is 2.04 bits per heavy atom. The third-order valence-corrected chi connectivity index (χ3v) is 6.14. The van der Waals surface area contributed by atoms with Crippen molar-refractivity contribution in [3.05, 3.63) is 69.6 Å². The number of aromatic nitrogens is 3. The molecule has 6 heteroatoms. The van der Waals surface area contributed by atoms with Crippen LogP contribution in [0.2, 0.25) is 0 Å². The van der Waals surface area contributed by atoms with Crippen LogP contribution in [0.5, 0.6) is 0 Å². The third-order valence-electron chi connectivity index (χ3n) is 4.94. The van der Waals surface area contributed by atoms with Crippen molar-refractivity contribution in [2.75, 3.05) is 20.1 Å². The van der Waals surface area contributed by atoms with Crippen molar-refractivity contribution < 1.29 is 0 Å². The summed E-state index contributed by atoms with van der Waals surface area (Å²) in [4.78, 5) is 20.3. The van der Waals surface area contributed by atoms with Gasteiger partial charge in [0, 0.05) is 28.9 Å². The molecule has 0 bridgehead atoms. The van der Waals surface area contributed by atoms with Gasteiger partial charge in [-0.25, -0.2) is 9.67 Å². The van der Waals surface area contributed by atoms with Gasteiger partial charge in [0.05, 0.1) is 6.54 Å². The standard InChI is InChI=1S/C20H22N4OS/c1-23-10-7-16(8-11-23)18-13-21-20(26-18)17-5-2-4-15(12-17)14-24-19(25)6-3-9-22-24/h2-6,9,12-13,16H,7-8,10-11,14H2,1H3. The Morgan fingerprint density at radius 3 is 2.85 bits per heavy atom. The zero-order valence-electron chi connectivity index (χ0n) is 14.8. The molecule has 1 saturated heterocycles. The fourth-order valence-electron chi connectivity index (χ4n) is 3.38. The molecule has 1 fully saturated rings. The van der Waals surface area contributed by atoms with E-state index < -0.39 is 0 Å². The molecule has 1 aliphatic heterocycles. The maximum absolute atomic E-state index is 11.9. The molecule has 1 aliphatic rings. The number of piperidine rings is 1. The number of hydrogen-bond donors (Lipinski definition) is 0. The summed E-state index contributed by atoms with van der Waals surface area (Å²) in [5.41, 5.74) is 2.08. The van der Waals surface area contributed by atoms with Crippen molar-refractivity contribution in [3.63, 3.8) is 0 Å². The van der Waals surface area contributed by atoms with E-state index in [1.54, 1.807) is 23.6 Å². The molecule has 5 nitrogen and oxygen atoms in total. The van der Waals surface area contributed by atoms with E-state index in [9.17, 15) is 4.79 Å². The molecule has 26 heavy (non-hydrogen) atoms. The lowest BCUT2D eigenvalue weighted by molar-refractivity contribution is 0.257. The van der Waals surface area contributed by atoms with Gasteiger partial charge in [0.1, 0.15) is 5.01 Å². The van der Waals surface area contributed by atoms with Crippen LogP contribution in [0.1, 0.15) is 29.2 Å². The largest absolute Gasteiger partial charge is 0.306 e. The summed E-state index contributed by atoms with van der Waals surface area (Å²) in [6.45, 7) is 2.79. The molecule has 3 aromatic rings. The van der Waals surface area contributed by atoms with Gasteiger partial charge >= 0.3 is 0 Å². The Hall–Kier alpha value is -2.31. The van der Waals surface area contributed by atoms with Gasteiger partial charge in [-0.05, 0) is 56.6 Å². The van der Waals surface area contributed by atoms with Crippen LogP contribution >= 0.6 is 11.3 Å². The highest BCUT2D eigenvalue weighted by molar-refractivity contribution is 7.15. The summed E-state index contributed by atoms with van der Waals surface area (Å²) < 4.78 is 1.48. The fraction of sp³-hybridized carbons (Fsp3) is 0.350. The van der Waals surface area contributed by atoms with Gasteiger partial charge in [-0.3, -0.25) is 4.79 Å². The van der Waals surface area contributed by atoms with E-state index >= 15 is 0 Å². The van der Waals surface area contributed by atoms with Crippen molar-refractivity contribution >= 4 is 11.3 Å². The van der Waals surface area contributed by atoms with Gasteiger partial charge in [-0.1, -0.05) is 18.2 Å². The Morgan fingerprint density at radius 1 is 1.19 bits per heavy atom.